The molecule has 0 unspecified atom stereocenters. The highest BCUT2D eigenvalue weighted by Crippen LogP contribution is 2.22. The standard InChI is InChI=1S/C9H7BrF2N4/c10-6-1-2-7(11)5(8(6)12)3-16-4-14-9(13)15-16/h1-2,4H,3H2,(H2,13,15). The van der Waals surface area contributed by atoms with Crippen LogP contribution in [0.3, 0.4) is 0 Å². The summed E-state index contributed by atoms with van der Waals surface area (Å²) in [6, 6.07) is 2.49. The number of nitrogens with zero attached hydrogens (tertiary/aromatic N) is 3. The van der Waals surface area contributed by atoms with Crippen molar-refractivity contribution in [1.82, 2.24) is 14.8 Å². The van der Waals surface area contributed by atoms with Gasteiger partial charge in [0.15, 0.2) is 0 Å². The maximum atomic E-state index is 13.6. The Morgan fingerprint density at radius 3 is 2.75 bits per heavy atom. The molecule has 84 valence electrons. The van der Waals surface area contributed by atoms with Crippen molar-refractivity contribution in [3.63, 3.8) is 0 Å². The van der Waals surface area contributed by atoms with E-state index in [0.717, 1.165) is 0 Å². The quantitative estimate of drug-likeness (QED) is 0.860. The third-order valence-electron chi connectivity index (χ3n) is 2.01. The van der Waals surface area contributed by atoms with Gasteiger partial charge in [-0.1, -0.05) is 0 Å². The third-order valence-corrected chi connectivity index (χ3v) is 2.63. The Morgan fingerprint density at radius 1 is 1.38 bits per heavy atom. The fourth-order valence-corrected chi connectivity index (χ4v) is 1.63. The Kier molecular flexibility index (Phi) is 2.86. The van der Waals surface area contributed by atoms with Gasteiger partial charge >= 0.3 is 0 Å². The molecule has 0 saturated heterocycles. The van der Waals surface area contributed by atoms with Crippen molar-refractivity contribution in [1.29, 1.82) is 0 Å². The molecule has 16 heavy (non-hydrogen) atoms. The lowest BCUT2D eigenvalue weighted by Crippen LogP contribution is -2.06. The summed E-state index contributed by atoms with van der Waals surface area (Å²) in [5.74, 6) is -1.21. The summed E-state index contributed by atoms with van der Waals surface area (Å²) in [6.45, 7) is -0.0543. The predicted octanol–water partition coefficient (Wildman–Crippen LogP) is 1.95. The number of hydrogen-bond donors (Lipinski definition) is 1. The van der Waals surface area contributed by atoms with Crippen LogP contribution in [0.15, 0.2) is 22.9 Å². The molecule has 0 amide bonds. The normalized spacial score (nSPS) is 10.7. The zero-order valence-corrected chi connectivity index (χ0v) is 9.58. The van der Waals surface area contributed by atoms with Crippen LogP contribution in [0.5, 0.6) is 0 Å². The Hall–Kier alpha value is -1.50. The molecule has 0 saturated carbocycles. The van der Waals surface area contributed by atoms with Crippen molar-refractivity contribution in [2.45, 2.75) is 6.54 Å². The van der Waals surface area contributed by atoms with E-state index >= 15 is 0 Å². The summed E-state index contributed by atoms with van der Waals surface area (Å²) < 4.78 is 28.4. The van der Waals surface area contributed by atoms with Gasteiger partial charge in [0, 0.05) is 5.56 Å². The first-order valence-electron chi connectivity index (χ1n) is 4.35. The molecule has 0 bridgehead atoms. The average Bonchev–Trinajstić information content (AvgIpc) is 2.65. The lowest BCUT2D eigenvalue weighted by atomic mass is 10.2. The van der Waals surface area contributed by atoms with Gasteiger partial charge in [0.05, 0.1) is 11.0 Å². The van der Waals surface area contributed by atoms with Gasteiger partial charge in [-0.2, -0.15) is 0 Å². The molecule has 0 spiro atoms. The Morgan fingerprint density at radius 2 is 2.12 bits per heavy atom. The van der Waals surface area contributed by atoms with Crippen LogP contribution < -0.4 is 5.73 Å². The molecular formula is C9H7BrF2N4. The molecule has 1 aromatic heterocycles. The van der Waals surface area contributed by atoms with Crippen molar-refractivity contribution in [2.75, 3.05) is 5.73 Å². The third kappa shape index (κ3) is 2.04. The highest BCUT2D eigenvalue weighted by Gasteiger charge is 2.13. The lowest BCUT2D eigenvalue weighted by molar-refractivity contribution is 0.529. The molecule has 1 aromatic carbocycles. The largest absolute Gasteiger partial charge is 0.367 e. The molecule has 2 N–H and O–H groups in total. The van der Waals surface area contributed by atoms with E-state index < -0.39 is 11.6 Å². The summed E-state index contributed by atoms with van der Waals surface area (Å²) in [5, 5.41) is 3.75. The summed E-state index contributed by atoms with van der Waals surface area (Å²) >= 11 is 2.99. The van der Waals surface area contributed by atoms with Crippen molar-refractivity contribution in [3.8, 4) is 0 Å². The summed E-state index contributed by atoms with van der Waals surface area (Å²) in [7, 11) is 0. The number of benzene rings is 1. The summed E-state index contributed by atoms with van der Waals surface area (Å²) in [6.07, 6.45) is 1.31. The number of nitrogens with two attached hydrogens (primary N) is 1. The van der Waals surface area contributed by atoms with E-state index in [1.807, 2.05) is 0 Å². The maximum Gasteiger partial charge on any atom is 0.239 e. The molecular weight excluding hydrogens is 282 g/mol. The van der Waals surface area contributed by atoms with E-state index in [1.54, 1.807) is 0 Å². The van der Waals surface area contributed by atoms with Crippen molar-refractivity contribution in [2.24, 2.45) is 0 Å². The number of rotatable bonds is 2. The number of halogens is 3. The first-order chi connectivity index (χ1) is 7.58. The molecule has 1 heterocycles. The zero-order valence-electron chi connectivity index (χ0n) is 7.99. The smallest absolute Gasteiger partial charge is 0.239 e. The summed E-state index contributed by atoms with van der Waals surface area (Å²) in [4.78, 5) is 3.67. The molecule has 0 aliphatic rings. The van der Waals surface area contributed by atoms with Gasteiger partial charge < -0.3 is 5.73 Å². The fraction of sp³-hybridized carbons (Fsp3) is 0.111. The second-order valence-electron chi connectivity index (χ2n) is 3.12. The molecule has 0 aliphatic carbocycles. The highest BCUT2D eigenvalue weighted by atomic mass is 79.9. The van der Waals surface area contributed by atoms with E-state index in [0.29, 0.717) is 0 Å². The predicted molar refractivity (Wildman–Crippen MR) is 57.6 cm³/mol. The van der Waals surface area contributed by atoms with E-state index in [-0.39, 0.29) is 22.5 Å². The minimum atomic E-state index is -0.644. The minimum absolute atomic E-state index is 0.0543. The van der Waals surface area contributed by atoms with Crippen LogP contribution in [0.25, 0.3) is 0 Å². The van der Waals surface area contributed by atoms with Crippen molar-refractivity contribution in [3.05, 3.63) is 40.1 Å². The Labute approximate surface area is 98.2 Å². The van der Waals surface area contributed by atoms with Gasteiger partial charge in [0.25, 0.3) is 0 Å². The van der Waals surface area contributed by atoms with Gasteiger partial charge in [-0.15, -0.1) is 5.10 Å². The molecule has 0 fully saturated rings. The van der Waals surface area contributed by atoms with Crippen LogP contribution in [-0.4, -0.2) is 14.8 Å². The molecule has 2 aromatic rings. The second-order valence-corrected chi connectivity index (χ2v) is 3.98. The van der Waals surface area contributed by atoms with Crippen LogP contribution in [0, 0.1) is 11.6 Å². The number of anilines is 1. The highest BCUT2D eigenvalue weighted by molar-refractivity contribution is 9.10. The lowest BCUT2D eigenvalue weighted by Gasteiger charge is -2.05. The first kappa shape index (κ1) is 11.0. The van der Waals surface area contributed by atoms with Gasteiger partial charge in [-0.05, 0) is 28.1 Å². The zero-order chi connectivity index (χ0) is 11.7. The fourth-order valence-electron chi connectivity index (χ4n) is 1.26. The van der Waals surface area contributed by atoms with Gasteiger partial charge in [-0.3, -0.25) is 0 Å². The topological polar surface area (TPSA) is 56.7 Å². The van der Waals surface area contributed by atoms with Crippen LogP contribution in [-0.2, 0) is 6.54 Å². The Bertz CT molecular complexity index is 526. The Balaban J connectivity index is 2.37. The first-order valence-corrected chi connectivity index (χ1v) is 5.14. The van der Waals surface area contributed by atoms with Gasteiger partial charge in [0.1, 0.15) is 18.0 Å². The SMILES string of the molecule is Nc1ncn(Cc2c(F)ccc(Br)c2F)n1. The molecule has 0 atom stereocenters. The molecule has 2 rings (SSSR count). The molecule has 7 heteroatoms. The molecule has 0 radical (unpaired) electrons. The van der Waals surface area contributed by atoms with Gasteiger partial charge in [0.2, 0.25) is 5.95 Å². The number of nitrogen functional groups attached to an aromatic ring is 1. The van der Waals surface area contributed by atoms with Crippen LogP contribution in [0.1, 0.15) is 5.56 Å². The van der Waals surface area contributed by atoms with Crippen molar-refractivity contribution >= 4 is 21.9 Å². The number of hydrogen-bond acceptors (Lipinski definition) is 3. The molecule has 4 nitrogen and oxygen atoms in total. The van der Waals surface area contributed by atoms with Crippen LogP contribution >= 0.6 is 15.9 Å². The van der Waals surface area contributed by atoms with Crippen LogP contribution in [0.2, 0.25) is 0 Å². The number of aromatic nitrogens is 3. The van der Waals surface area contributed by atoms with Crippen molar-refractivity contribution < 1.29 is 8.78 Å². The summed E-state index contributed by atoms with van der Waals surface area (Å²) in [5.41, 5.74) is 5.21. The van der Waals surface area contributed by atoms with Crippen LogP contribution in [0.4, 0.5) is 14.7 Å². The van der Waals surface area contributed by atoms with Gasteiger partial charge in [-0.25, -0.2) is 18.4 Å². The monoisotopic (exact) mass is 288 g/mol. The van der Waals surface area contributed by atoms with E-state index in [1.165, 1.54) is 23.1 Å². The second kappa shape index (κ2) is 4.17. The minimum Gasteiger partial charge on any atom is -0.367 e. The van der Waals surface area contributed by atoms with E-state index in [4.69, 9.17) is 5.73 Å². The van der Waals surface area contributed by atoms with E-state index in [9.17, 15) is 8.78 Å². The maximum absolute atomic E-state index is 13.6. The molecule has 0 aliphatic heterocycles. The van der Waals surface area contributed by atoms with E-state index in [2.05, 4.69) is 26.0 Å². The average molecular weight is 289 g/mol.